The molecule has 168 valence electrons. The van der Waals surface area contributed by atoms with Gasteiger partial charge in [0, 0.05) is 5.69 Å². The van der Waals surface area contributed by atoms with Crippen LogP contribution in [0.5, 0.6) is 5.75 Å². The maximum atomic E-state index is 13.7. The highest BCUT2D eigenvalue weighted by Crippen LogP contribution is 2.30. The molecule has 4 rings (SSSR count). The van der Waals surface area contributed by atoms with Crippen molar-refractivity contribution in [1.82, 2.24) is 19.7 Å². The van der Waals surface area contributed by atoms with E-state index in [9.17, 15) is 9.18 Å². The van der Waals surface area contributed by atoms with Gasteiger partial charge in [-0.15, -0.1) is 10.2 Å². The number of rotatable bonds is 8. The molecule has 1 aliphatic rings. The third-order valence-corrected chi connectivity index (χ3v) is 6.71. The van der Waals surface area contributed by atoms with E-state index in [0.29, 0.717) is 10.9 Å². The first-order valence-corrected chi connectivity index (χ1v) is 11.8. The van der Waals surface area contributed by atoms with Gasteiger partial charge >= 0.3 is 0 Å². The summed E-state index contributed by atoms with van der Waals surface area (Å²) < 4.78 is 21.0. The van der Waals surface area contributed by atoms with Gasteiger partial charge in [-0.2, -0.15) is 0 Å². The number of ether oxygens (including phenoxy) is 1. The molecule has 1 saturated heterocycles. The Hall–Kier alpha value is -2.71. The smallest absolute Gasteiger partial charge is 0.196 e. The van der Waals surface area contributed by atoms with E-state index >= 15 is 0 Å². The Morgan fingerprint density at radius 1 is 1.12 bits per heavy atom. The van der Waals surface area contributed by atoms with E-state index in [1.165, 1.54) is 56.3 Å². The fourth-order valence-corrected chi connectivity index (χ4v) is 4.88. The minimum atomic E-state index is -0.468. The second-order valence-corrected chi connectivity index (χ2v) is 8.78. The molecule has 6 nitrogen and oxygen atoms in total. The second-order valence-electron chi connectivity index (χ2n) is 7.84. The number of carbonyl (C=O) groups excluding carboxylic acids is 1. The first-order chi connectivity index (χ1) is 15.6. The summed E-state index contributed by atoms with van der Waals surface area (Å²) >= 11 is 1.30. The molecule has 2 aromatic carbocycles. The summed E-state index contributed by atoms with van der Waals surface area (Å²) in [5.41, 5.74) is 1.18. The fraction of sp³-hybridized carbons (Fsp3) is 0.375. The highest BCUT2D eigenvalue weighted by molar-refractivity contribution is 7.99. The molecular formula is C24H27FN4O2S. The molecular weight excluding hydrogens is 427 g/mol. The normalized spacial score (nSPS) is 15.5. The highest BCUT2D eigenvalue weighted by atomic mass is 32.2. The molecule has 3 aromatic rings. The third-order valence-electron chi connectivity index (χ3n) is 5.78. The number of carbonyl (C=O) groups is 1. The molecule has 0 bridgehead atoms. The van der Waals surface area contributed by atoms with Gasteiger partial charge in [-0.3, -0.25) is 14.3 Å². The summed E-state index contributed by atoms with van der Waals surface area (Å²) in [4.78, 5) is 15.3. The molecule has 1 aliphatic heterocycles. The lowest BCUT2D eigenvalue weighted by Crippen LogP contribution is -2.33. The van der Waals surface area contributed by atoms with Crippen LogP contribution in [0.25, 0.3) is 5.69 Å². The van der Waals surface area contributed by atoms with Gasteiger partial charge in [-0.25, -0.2) is 4.39 Å². The largest absolute Gasteiger partial charge is 0.496 e. The second kappa shape index (κ2) is 10.3. The Bertz CT molecular complexity index is 1070. The van der Waals surface area contributed by atoms with E-state index in [4.69, 9.17) is 4.74 Å². The number of benzene rings is 2. The van der Waals surface area contributed by atoms with Crippen molar-refractivity contribution >= 4 is 17.5 Å². The number of aromatic nitrogens is 3. The maximum Gasteiger partial charge on any atom is 0.196 e. The number of halogens is 1. The van der Waals surface area contributed by atoms with E-state index in [1.54, 1.807) is 0 Å². The number of hydrogen-bond donors (Lipinski definition) is 0. The fourth-order valence-electron chi connectivity index (χ4n) is 4.04. The summed E-state index contributed by atoms with van der Waals surface area (Å²) in [6, 6.07) is 14.0. The predicted molar refractivity (Wildman–Crippen MR) is 123 cm³/mol. The van der Waals surface area contributed by atoms with Crippen molar-refractivity contribution in [3.63, 3.8) is 0 Å². The van der Waals surface area contributed by atoms with Crippen LogP contribution in [0, 0.1) is 5.82 Å². The zero-order valence-electron chi connectivity index (χ0n) is 18.3. The van der Waals surface area contributed by atoms with Gasteiger partial charge in [-0.05, 0) is 63.2 Å². The summed E-state index contributed by atoms with van der Waals surface area (Å²) in [5.74, 6) is 0.629. The molecule has 1 atom stereocenters. The molecule has 2 heterocycles. The van der Waals surface area contributed by atoms with Crippen LogP contribution in [0.15, 0.2) is 53.7 Å². The van der Waals surface area contributed by atoms with Gasteiger partial charge < -0.3 is 4.74 Å². The number of methoxy groups -OCH3 is 1. The number of piperidine rings is 1. The Balaban J connectivity index is 1.61. The Kier molecular flexibility index (Phi) is 7.22. The highest BCUT2D eigenvalue weighted by Gasteiger charge is 2.26. The number of ketones is 1. The van der Waals surface area contributed by atoms with Gasteiger partial charge in [0.1, 0.15) is 11.6 Å². The monoisotopic (exact) mass is 454 g/mol. The molecule has 1 aromatic heterocycles. The van der Waals surface area contributed by atoms with Crippen molar-refractivity contribution in [2.45, 2.75) is 37.4 Å². The summed E-state index contributed by atoms with van der Waals surface area (Å²) in [7, 11) is 1.47. The summed E-state index contributed by atoms with van der Waals surface area (Å²) in [5, 5.41) is 9.58. The van der Waals surface area contributed by atoms with Crippen LogP contribution in [-0.2, 0) is 0 Å². The predicted octanol–water partition coefficient (Wildman–Crippen LogP) is 4.94. The maximum absolute atomic E-state index is 13.7. The molecule has 8 heteroatoms. The minimum absolute atomic E-state index is 0.100. The van der Waals surface area contributed by atoms with Crippen LogP contribution in [-0.4, -0.2) is 51.4 Å². The van der Waals surface area contributed by atoms with Crippen LogP contribution < -0.4 is 4.74 Å². The van der Waals surface area contributed by atoms with E-state index in [0.717, 1.165) is 24.6 Å². The minimum Gasteiger partial charge on any atom is -0.496 e. The number of nitrogens with zero attached hydrogens (tertiary/aromatic N) is 4. The van der Waals surface area contributed by atoms with Crippen LogP contribution in [0.2, 0.25) is 0 Å². The number of hydrogen-bond acceptors (Lipinski definition) is 6. The number of para-hydroxylation sites is 1. The Morgan fingerprint density at radius 3 is 2.59 bits per heavy atom. The number of Topliss-reactive ketones (excluding diaryl/α,β-unsaturated/α-hetero) is 1. The lowest BCUT2D eigenvalue weighted by Gasteiger charge is -2.31. The average Bonchev–Trinajstić information content (AvgIpc) is 3.27. The van der Waals surface area contributed by atoms with Crippen molar-refractivity contribution in [1.29, 1.82) is 0 Å². The molecule has 0 spiro atoms. The van der Waals surface area contributed by atoms with Crippen molar-refractivity contribution in [2.24, 2.45) is 0 Å². The standard InChI is InChI=1S/C24H27FN4O2S/c1-17(28-13-7-4-8-14-28)23-26-27-24(29(23)19-9-5-3-6-10-19)32-16-21(30)20-15-18(25)11-12-22(20)31-2/h3,5-6,9-12,15,17H,4,7-8,13-14,16H2,1-2H3. The number of likely N-dealkylation sites (tertiary alicyclic amines) is 1. The summed E-state index contributed by atoms with van der Waals surface area (Å²) in [6.45, 7) is 4.25. The summed E-state index contributed by atoms with van der Waals surface area (Å²) in [6.07, 6.45) is 3.64. The molecule has 1 fully saturated rings. The van der Waals surface area contributed by atoms with Crippen molar-refractivity contribution in [3.8, 4) is 11.4 Å². The van der Waals surface area contributed by atoms with E-state index in [-0.39, 0.29) is 23.1 Å². The third kappa shape index (κ3) is 4.86. The van der Waals surface area contributed by atoms with E-state index < -0.39 is 5.82 Å². The van der Waals surface area contributed by atoms with Crippen molar-refractivity contribution in [2.75, 3.05) is 26.0 Å². The van der Waals surface area contributed by atoms with E-state index in [1.807, 2.05) is 34.9 Å². The Morgan fingerprint density at radius 2 is 1.88 bits per heavy atom. The molecule has 0 amide bonds. The molecule has 0 N–H and O–H groups in total. The van der Waals surface area contributed by atoms with Gasteiger partial charge in [0.25, 0.3) is 0 Å². The molecule has 1 unspecified atom stereocenters. The SMILES string of the molecule is COc1ccc(F)cc1C(=O)CSc1nnc(C(C)N2CCCCC2)n1-c1ccccc1. The van der Waals surface area contributed by atoms with Crippen LogP contribution in [0.1, 0.15) is 48.4 Å². The first-order valence-electron chi connectivity index (χ1n) is 10.8. The molecule has 0 radical (unpaired) electrons. The zero-order valence-corrected chi connectivity index (χ0v) is 19.1. The quantitative estimate of drug-likeness (QED) is 0.355. The van der Waals surface area contributed by atoms with Crippen molar-refractivity contribution < 1.29 is 13.9 Å². The lowest BCUT2D eigenvalue weighted by molar-refractivity contribution is 0.101. The van der Waals surface area contributed by atoms with Crippen LogP contribution in [0.3, 0.4) is 0 Å². The molecule has 0 aliphatic carbocycles. The molecule has 32 heavy (non-hydrogen) atoms. The Labute approximate surface area is 191 Å². The zero-order chi connectivity index (χ0) is 22.5. The lowest BCUT2D eigenvalue weighted by atomic mass is 10.1. The van der Waals surface area contributed by atoms with E-state index in [2.05, 4.69) is 22.0 Å². The van der Waals surface area contributed by atoms with Gasteiger partial charge in [-0.1, -0.05) is 36.4 Å². The van der Waals surface area contributed by atoms with Gasteiger partial charge in [0.05, 0.1) is 24.5 Å². The van der Waals surface area contributed by atoms with Crippen molar-refractivity contribution in [3.05, 3.63) is 65.7 Å². The van der Waals surface area contributed by atoms with Gasteiger partial charge in [0.15, 0.2) is 16.8 Å². The first kappa shape index (κ1) is 22.5. The average molecular weight is 455 g/mol. The van der Waals surface area contributed by atoms with Crippen LogP contribution >= 0.6 is 11.8 Å². The topological polar surface area (TPSA) is 60.2 Å². The molecule has 0 saturated carbocycles. The number of thioether (sulfide) groups is 1. The van der Waals surface area contributed by atoms with Gasteiger partial charge in [0.2, 0.25) is 0 Å². The van der Waals surface area contributed by atoms with Crippen LogP contribution in [0.4, 0.5) is 4.39 Å².